The van der Waals surface area contributed by atoms with Crippen LogP contribution in [0.2, 0.25) is 0 Å². The number of ether oxygens (including phenoxy) is 1. The van der Waals surface area contributed by atoms with Crippen molar-refractivity contribution in [3.63, 3.8) is 0 Å². The van der Waals surface area contributed by atoms with Crippen molar-refractivity contribution in [3.05, 3.63) is 36.0 Å². The molecule has 0 N–H and O–H groups in total. The van der Waals surface area contributed by atoms with Crippen LogP contribution in [0.5, 0.6) is 0 Å². The Morgan fingerprint density at radius 3 is 1.88 bits per heavy atom. The van der Waals surface area contributed by atoms with Gasteiger partial charge in [0.15, 0.2) is 6.67 Å². The fraction of sp³-hybridized carbons (Fsp3) is 0.733. The van der Waals surface area contributed by atoms with Crippen LogP contribution in [0.3, 0.4) is 0 Å². The van der Waals surface area contributed by atoms with Crippen LogP contribution in [0.15, 0.2) is 18.2 Å². The van der Waals surface area contributed by atoms with E-state index in [1.54, 1.807) is 0 Å². The molecule has 1 aliphatic carbocycles. The molecule has 0 amide bonds. The second-order valence-electron chi connectivity index (χ2n) is 11.1. The number of nitrogens with zero attached hydrogens (tertiary/aromatic N) is 2. The van der Waals surface area contributed by atoms with Crippen LogP contribution in [-0.4, -0.2) is 36.6 Å². The third kappa shape index (κ3) is 7.23. The summed E-state index contributed by atoms with van der Waals surface area (Å²) < 4.78 is 5.11. The maximum atomic E-state index is 12.4. The Morgan fingerprint density at radius 1 is 0.912 bits per heavy atom. The van der Waals surface area contributed by atoms with Crippen molar-refractivity contribution in [3.8, 4) is 0 Å². The zero-order chi connectivity index (χ0) is 24.5. The molecule has 3 rings (SSSR count). The molecule has 1 unspecified atom stereocenters. The summed E-state index contributed by atoms with van der Waals surface area (Å²) in [4.78, 5) is 17.2. The lowest BCUT2D eigenvalue weighted by atomic mass is 9.91. The summed E-state index contributed by atoms with van der Waals surface area (Å²) in [5.74, 6) is 0.680. The van der Waals surface area contributed by atoms with Gasteiger partial charge in [0, 0.05) is 18.3 Å². The molecule has 2 fully saturated rings. The van der Waals surface area contributed by atoms with Crippen LogP contribution < -0.4 is 4.90 Å². The highest BCUT2D eigenvalue weighted by Crippen LogP contribution is 2.41. The Kier molecular flexibility index (Phi) is 10.8. The second-order valence-corrected chi connectivity index (χ2v) is 11.1. The van der Waals surface area contributed by atoms with Crippen LogP contribution in [0, 0.1) is 6.67 Å². The second kappa shape index (κ2) is 13.5. The van der Waals surface area contributed by atoms with E-state index in [4.69, 9.17) is 4.74 Å². The van der Waals surface area contributed by atoms with Gasteiger partial charge >= 0.3 is 5.97 Å². The zero-order valence-corrected chi connectivity index (χ0v) is 22.4. The molecule has 1 saturated carbocycles. The standard InChI is InChI=1S/C30H48N2O2/c1-23(2)27-18-15-19-28(24(3)4)30(27)32-22-31(21-26(32)20-29(33)34-5)25-16-13-11-9-7-6-8-10-12-14-17-25/h15,18-19,23-26H,6-14,16-17,20-21H2,1-5H3. The van der Waals surface area contributed by atoms with Gasteiger partial charge in [-0.05, 0) is 35.8 Å². The summed E-state index contributed by atoms with van der Waals surface area (Å²) in [7, 11) is 1.50. The van der Waals surface area contributed by atoms with Gasteiger partial charge in [-0.25, -0.2) is 0 Å². The van der Waals surface area contributed by atoms with Crippen molar-refractivity contribution in [2.24, 2.45) is 0 Å². The predicted molar refractivity (Wildman–Crippen MR) is 142 cm³/mol. The fourth-order valence-corrected chi connectivity index (χ4v) is 5.71. The summed E-state index contributed by atoms with van der Waals surface area (Å²) in [6.07, 6.45) is 15.1. The van der Waals surface area contributed by atoms with Gasteiger partial charge in [-0.3, -0.25) is 9.69 Å². The Balaban J connectivity index is 1.88. The molecule has 2 aliphatic rings. The molecule has 1 aromatic rings. The quantitative estimate of drug-likeness (QED) is 0.401. The van der Waals surface area contributed by atoms with E-state index in [0.29, 0.717) is 24.3 Å². The zero-order valence-electron chi connectivity index (χ0n) is 22.4. The Bertz CT molecular complexity index is 722. The molecule has 1 atom stereocenters. The van der Waals surface area contributed by atoms with Crippen molar-refractivity contribution >= 4 is 11.7 Å². The number of rotatable bonds is 6. The minimum Gasteiger partial charge on any atom is -0.469 e. The fourth-order valence-electron chi connectivity index (χ4n) is 5.71. The lowest BCUT2D eigenvalue weighted by Crippen LogP contribution is -2.33. The van der Waals surface area contributed by atoms with Crippen molar-refractivity contribution in [2.75, 3.05) is 18.6 Å². The minimum absolute atomic E-state index is 0.0613. The van der Waals surface area contributed by atoms with Gasteiger partial charge in [-0.2, -0.15) is 0 Å². The molecule has 1 saturated heterocycles. The molecular formula is C30H48N2O2. The van der Waals surface area contributed by atoms with E-state index in [2.05, 4.69) is 62.4 Å². The van der Waals surface area contributed by atoms with Crippen molar-refractivity contribution < 1.29 is 9.53 Å². The van der Waals surface area contributed by atoms with Crippen LogP contribution in [0.25, 0.3) is 0 Å². The number of benzene rings is 1. The van der Waals surface area contributed by atoms with Crippen molar-refractivity contribution in [1.82, 2.24) is 4.90 Å². The summed E-state index contributed by atoms with van der Waals surface area (Å²) in [6, 6.07) is 7.26. The van der Waals surface area contributed by atoms with Gasteiger partial charge in [0.2, 0.25) is 0 Å². The topological polar surface area (TPSA) is 32.8 Å². The lowest BCUT2D eigenvalue weighted by Gasteiger charge is -2.31. The predicted octanol–water partition coefficient (Wildman–Crippen LogP) is 7.66. The minimum atomic E-state index is -0.134. The first-order valence-corrected chi connectivity index (χ1v) is 13.9. The lowest BCUT2D eigenvalue weighted by molar-refractivity contribution is -0.140. The number of esters is 1. The van der Waals surface area contributed by atoms with Gasteiger partial charge in [0.25, 0.3) is 0 Å². The van der Waals surface area contributed by atoms with Crippen LogP contribution >= 0.6 is 0 Å². The Labute approximate surface area is 209 Å². The highest BCUT2D eigenvalue weighted by atomic mass is 16.5. The molecule has 0 aromatic heterocycles. The normalized spacial score (nSPS) is 22.1. The number of para-hydroxylation sites is 1. The first-order valence-electron chi connectivity index (χ1n) is 13.9. The molecule has 190 valence electrons. The van der Waals surface area contributed by atoms with Gasteiger partial charge in [0.05, 0.1) is 19.6 Å². The number of hydrogen-bond donors (Lipinski definition) is 0. The van der Waals surface area contributed by atoms with Crippen molar-refractivity contribution in [1.29, 1.82) is 0 Å². The Morgan fingerprint density at radius 2 is 1.41 bits per heavy atom. The van der Waals surface area contributed by atoms with Crippen molar-refractivity contribution in [2.45, 2.75) is 129 Å². The largest absolute Gasteiger partial charge is 0.469 e. The van der Waals surface area contributed by atoms with Crippen LogP contribution in [0.4, 0.5) is 5.69 Å². The molecule has 0 spiro atoms. The van der Waals surface area contributed by atoms with E-state index in [9.17, 15) is 4.79 Å². The number of methoxy groups -OCH3 is 1. The molecule has 0 bridgehead atoms. The van der Waals surface area contributed by atoms with Crippen LogP contribution in [0.1, 0.15) is 128 Å². The van der Waals surface area contributed by atoms with Gasteiger partial charge in [-0.1, -0.05) is 104 Å². The van der Waals surface area contributed by atoms with E-state index in [0.717, 1.165) is 6.54 Å². The molecule has 1 heterocycles. The number of hydrogen-bond acceptors (Lipinski definition) is 4. The molecule has 4 nitrogen and oxygen atoms in total. The molecule has 1 aromatic carbocycles. The van der Waals surface area contributed by atoms with Gasteiger partial charge < -0.3 is 9.64 Å². The van der Waals surface area contributed by atoms with E-state index in [1.165, 1.54) is 94.6 Å². The third-order valence-corrected chi connectivity index (χ3v) is 7.74. The maximum Gasteiger partial charge on any atom is 0.307 e. The molecule has 1 aliphatic heterocycles. The number of anilines is 1. The number of carbonyl (C=O) groups excluding carboxylic acids is 1. The average molecular weight is 469 g/mol. The summed E-state index contributed by atoms with van der Waals surface area (Å²) in [5.41, 5.74) is 3.94. The van der Waals surface area contributed by atoms with Crippen LogP contribution in [-0.2, 0) is 9.53 Å². The average Bonchev–Trinajstić information content (AvgIpc) is 3.21. The van der Waals surface area contributed by atoms with E-state index in [-0.39, 0.29) is 12.0 Å². The number of carbonyl (C=O) groups is 1. The smallest absolute Gasteiger partial charge is 0.307 e. The molecule has 2 radical (unpaired) electrons. The maximum absolute atomic E-state index is 12.4. The SMILES string of the molecule is COC(=O)CC1CN(C2CCCCCCCCCCC2)[C]N1c1c(C(C)C)cccc1C(C)C. The summed E-state index contributed by atoms with van der Waals surface area (Å²) in [6.45, 7) is 13.7. The Hall–Kier alpha value is -1.55. The van der Waals surface area contributed by atoms with Gasteiger partial charge in [0.1, 0.15) is 0 Å². The van der Waals surface area contributed by atoms with Gasteiger partial charge in [-0.15, -0.1) is 0 Å². The molecule has 4 heteroatoms. The first kappa shape index (κ1) is 27.0. The highest BCUT2D eigenvalue weighted by molar-refractivity contribution is 5.72. The molecular weight excluding hydrogens is 420 g/mol. The molecule has 34 heavy (non-hydrogen) atoms. The third-order valence-electron chi connectivity index (χ3n) is 7.74. The van der Waals surface area contributed by atoms with E-state index >= 15 is 0 Å². The summed E-state index contributed by atoms with van der Waals surface area (Å²) in [5, 5.41) is 0. The van der Waals surface area contributed by atoms with E-state index in [1.807, 2.05) is 0 Å². The highest BCUT2D eigenvalue weighted by Gasteiger charge is 2.39. The summed E-state index contributed by atoms with van der Waals surface area (Å²) >= 11 is 0. The first-order chi connectivity index (χ1) is 16.4. The van der Waals surface area contributed by atoms with E-state index < -0.39 is 0 Å². The monoisotopic (exact) mass is 468 g/mol.